The fourth-order valence-electron chi connectivity index (χ4n) is 3.70. The highest BCUT2D eigenvalue weighted by atomic mass is 32.2. The predicted octanol–water partition coefficient (Wildman–Crippen LogP) is 5.51. The Morgan fingerprint density at radius 3 is 2.45 bits per heavy atom. The maximum absolute atomic E-state index is 13.0. The van der Waals surface area contributed by atoms with Crippen LogP contribution in [0.4, 0.5) is 5.69 Å². The molecule has 0 spiro atoms. The van der Waals surface area contributed by atoms with E-state index in [9.17, 15) is 14.7 Å². The Hall–Kier alpha value is -3.16. The van der Waals surface area contributed by atoms with Gasteiger partial charge < -0.3 is 9.67 Å². The Morgan fingerprint density at radius 2 is 1.77 bits per heavy atom. The number of carboxylic acids is 1. The van der Waals surface area contributed by atoms with Gasteiger partial charge in [0.05, 0.1) is 16.2 Å². The van der Waals surface area contributed by atoms with E-state index in [0.29, 0.717) is 9.23 Å². The number of para-hydroxylation sites is 1. The number of hydrogen-bond acceptors (Lipinski definition) is 4. The molecule has 1 aliphatic heterocycles. The number of benzene rings is 2. The SMILES string of the molecule is Cc1ccc(C(=O)O)cc1-n1c(C)cc(/C=C2/SC(=S)N(c3ccccc3)C2=O)c1C. The molecule has 1 amide bonds. The highest BCUT2D eigenvalue weighted by Crippen LogP contribution is 2.37. The van der Waals surface area contributed by atoms with Gasteiger partial charge in [-0.3, -0.25) is 9.69 Å². The van der Waals surface area contributed by atoms with Crippen LogP contribution >= 0.6 is 24.0 Å². The van der Waals surface area contributed by atoms with Crippen molar-refractivity contribution in [2.24, 2.45) is 0 Å². The summed E-state index contributed by atoms with van der Waals surface area (Å²) in [4.78, 5) is 26.6. The first-order valence-corrected chi connectivity index (χ1v) is 10.9. The summed E-state index contributed by atoms with van der Waals surface area (Å²) in [6.45, 7) is 5.88. The van der Waals surface area contributed by atoms with E-state index in [-0.39, 0.29) is 11.5 Å². The molecule has 156 valence electrons. The molecule has 1 fully saturated rings. The van der Waals surface area contributed by atoms with Crippen molar-refractivity contribution in [2.45, 2.75) is 20.8 Å². The van der Waals surface area contributed by atoms with Gasteiger partial charge >= 0.3 is 5.97 Å². The third-order valence-electron chi connectivity index (χ3n) is 5.26. The van der Waals surface area contributed by atoms with E-state index < -0.39 is 5.97 Å². The summed E-state index contributed by atoms with van der Waals surface area (Å²) in [5, 5.41) is 9.38. The summed E-state index contributed by atoms with van der Waals surface area (Å²) in [6, 6.07) is 16.4. The number of anilines is 1. The van der Waals surface area contributed by atoms with Crippen molar-refractivity contribution in [3.05, 3.63) is 87.6 Å². The van der Waals surface area contributed by atoms with Gasteiger partial charge in [-0.2, -0.15) is 0 Å². The van der Waals surface area contributed by atoms with Gasteiger partial charge in [-0.25, -0.2) is 4.79 Å². The molecule has 3 aromatic rings. The summed E-state index contributed by atoms with van der Waals surface area (Å²) < 4.78 is 2.52. The number of aromatic carboxylic acids is 1. The topological polar surface area (TPSA) is 62.5 Å². The number of carbonyl (C=O) groups excluding carboxylic acids is 1. The first-order chi connectivity index (χ1) is 14.8. The standard InChI is InChI=1S/C24H20N2O3S2/c1-14-9-10-17(23(28)29)12-20(14)25-15(2)11-18(16(25)3)13-21-22(27)26(24(30)31-21)19-7-5-4-6-8-19/h4-13H,1-3H3,(H,28,29)/b21-13+. The number of thiocarbonyl (C=S) groups is 1. The minimum absolute atomic E-state index is 0.143. The van der Waals surface area contributed by atoms with Gasteiger partial charge in [0, 0.05) is 17.1 Å². The predicted molar refractivity (Wildman–Crippen MR) is 129 cm³/mol. The van der Waals surface area contributed by atoms with Gasteiger partial charge in [0.1, 0.15) is 0 Å². The lowest BCUT2D eigenvalue weighted by atomic mass is 10.1. The molecule has 1 aromatic heterocycles. The van der Waals surface area contributed by atoms with Crippen LogP contribution in [0.3, 0.4) is 0 Å². The first kappa shape index (κ1) is 21.1. The lowest BCUT2D eigenvalue weighted by Gasteiger charge is -2.14. The Kier molecular flexibility index (Phi) is 5.56. The second-order valence-electron chi connectivity index (χ2n) is 7.32. The minimum atomic E-state index is -0.964. The number of hydrogen-bond donors (Lipinski definition) is 1. The van der Waals surface area contributed by atoms with Crippen LogP contribution in [-0.2, 0) is 4.79 Å². The quantitative estimate of drug-likeness (QED) is 0.421. The van der Waals surface area contributed by atoms with Crippen LogP contribution in [-0.4, -0.2) is 25.9 Å². The molecule has 1 N–H and O–H groups in total. The number of aromatic nitrogens is 1. The molecule has 0 aliphatic carbocycles. The zero-order valence-electron chi connectivity index (χ0n) is 17.2. The lowest BCUT2D eigenvalue weighted by Crippen LogP contribution is -2.27. The highest BCUT2D eigenvalue weighted by Gasteiger charge is 2.33. The summed E-state index contributed by atoms with van der Waals surface area (Å²) in [7, 11) is 0. The molecule has 1 saturated heterocycles. The number of amides is 1. The number of aryl methyl sites for hydroxylation is 2. The molecule has 4 rings (SSSR count). The van der Waals surface area contributed by atoms with Crippen molar-refractivity contribution in [2.75, 3.05) is 4.90 Å². The van der Waals surface area contributed by atoms with Crippen LogP contribution in [0.25, 0.3) is 11.8 Å². The minimum Gasteiger partial charge on any atom is -0.478 e. The van der Waals surface area contributed by atoms with Crippen molar-refractivity contribution in [1.82, 2.24) is 4.57 Å². The monoisotopic (exact) mass is 448 g/mol. The Bertz CT molecular complexity index is 1260. The Morgan fingerprint density at radius 1 is 1.06 bits per heavy atom. The Balaban J connectivity index is 1.74. The number of carboxylic acid groups (broad SMARTS) is 1. The van der Waals surface area contributed by atoms with E-state index in [2.05, 4.69) is 0 Å². The van der Waals surface area contributed by atoms with E-state index >= 15 is 0 Å². The van der Waals surface area contributed by atoms with Crippen molar-refractivity contribution in [3.63, 3.8) is 0 Å². The van der Waals surface area contributed by atoms with E-state index in [4.69, 9.17) is 12.2 Å². The molecule has 0 radical (unpaired) electrons. The van der Waals surface area contributed by atoms with Crippen molar-refractivity contribution in [1.29, 1.82) is 0 Å². The van der Waals surface area contributed by atoms with Gasteiger partial charge in [-0.05, 0) is 68.3 Å². The number of rotatable bonds is 4. The summed E-state index contributed by atoms with van der Waals surface area (Å²) >= 11 is 6.74. The second kappa shape index (κ2) is 8.17. The van der Waals surface area contributed by atoms with Crippen LogP contribution < -0.4 is 4.90 Å². The van der Waals surface area contributed by atoms with Crippen LogP contribution in [0.2, 0.25) is 0 Å². The number of carbonyl (C=O) groups is 2. The second-order valence-corrected chi connectivity index (χ2v) is 9.00. The smallest absolute Gasteiger partial charge is 0.335 e. The molecule has 2 aromatic carbocycles. The summed E-state index contributed by atoms with van der Waals surface area (Å²) in [6.07, 6.45) is 1.86. The average molecular weight is 449 g/mol. The van der Waals surface area contributed by atoms with Gasteiger partial charge in [-0.1, -0.05) is 48.2 Å². The molecular weight excluding hydrogens is 428 g/mol. The van der Waals surface area contributed by atoms with Crippen molar-refractivity contribution in [3.8, 4) is 5.69 Å². The van der Waals surface area contributed by atoms with E-state index in [1.54, 1.807) is 17.0 Å². The van der Waals surface area contributed by atoms with Gasteiger partial charge in [0.2, 0.25) is 0 Å². The fraction of sp³-hybridized carbons (Fsp3) is 0.125. The van der Waals surface area contributed by atoms with E-state index in [0.717, 1.165) is 33.9 Å². The first-order valence-electron chi connectivity index (χ1n) is 9.64. The Labute approximate surface area is 190 Å². The van der Waals surface area contributed by atoms with E-state index in [1.807, 2.05) is 73.9 Å². The summed E-state index contributed by atoms with van der Waals surface area (Å²) in [5.41, 5.74) is 5.53. The molecule has 0 unspecified atom stereocenters. The highest BCUT2D eigenvalue weighted by molar-refractivity contribution is 8.27. The third-order valence-corrected chi connectivity index (χ3v) is 6.56. The maximum Gasteiger partial charge on any atom is 0.335 e. The maximum atomic E-state index is 13.0. The largest absolute Gasteiger partial charge is 0.478 e. The lowest BCUT2D eigenvalue weighted by molar-refractivity contribution is -0.113. The normalized spacial score (nSPS) is 15.2. The molecule has 5 nitrogen and oxygen atoms in total. The van der Waals surface area contributed by atoms with Crippen LogP contribution in [0.1, 0.15) is 32.9 Å². The molecule has 31 heavy (non-hydrogen) atoms. The van der Waals surface area contributed by atoms with Crippen molar-refractivity contribution >= 4 is 51.9 Å². The van der Waals surface area contributed by atoms with Crippen LogP contribution in [0.15, 0.2) is 59.5 Å². The number of thioether (sulfide) groups is 1. The van der Waals surface area contributed by atoms with Crippen molar-refractivity contribution < 1.29 is 14.7 Å². The van der Waals surface area contributed by atoms with Crippen LogP contribution in [0, 0.1) is 20.8 Å². The molecule has 7 heteroatoms. The van der Waals surface area contributed by atoms with Gasteiger partial charge in [0.15, 0.2) is 4.32 Å². The molecule has 0 bridgehead atoms. The molecular formula is C24H20N2O3S2. The molecule has 0 saturated carbocycles. The van der Waals surface area contributed by atoms with Gasteiger partial charge in [-0.15, -0.1) is 0 Å². The fourth-order valence-corrected chi connectivity index (χ4v) is 4.99. The zero-order chi connectivity index (χ0) is 22.3. The number of nitrogens with zero attached hydrogens (tertiary/aromatic N) is 2. The molecule has 1 aliphatic rings. The molecule has 0 atom stereocenters. The van der Waals surface area contributed by atoms with Crippen LogP contribution in [0.5, 0.6) is 0 Å². The third kappa shape index (κ3) is 3.82. The zero-order valence-corrected chi connectivity index (χ0v) is 18.9. The average Bonchev–Trinajstić information content (AvgIpc) is 3.17. The van der Waals surface area contributed by atoms with E-state index in [1.165, 1.54) is 11.8 Å². The summed E-state index contributed by atoms with van der Waals surface area (Å²) in [5.74, 6) is -1.11. The molecule has 2 heterocycles. The van der Waals surface area contributed by atoms with Gasteiger partial charge in [0.25, 0.3) is 5.91 Å².